The first kappa shape index (κ1) is 19.5. The third kappa shape index (κ3) is 4.19. The Morgan fingerprint density at radius 1 is 1.25 bits per heavy atom. The van der Waals surface area contributed by atoms with E-state index >= 15 is 0 Å². The summed E-state index contributed by atoms with van der Waals surface area (Å²) in [7, 11) is 0. The van der Waals surface area contributed by atoms with Gasteiger partial charge in [-0.05, 0) is 53.8 Å². The molecule has 5 nitrogen and oxygen atoms in total. The van der Waals surface area contributed by atoms with E-state index in [1.807, 2.05) is 23.1 Å². The molecule has 2 N–H and O–H groups in total. The Balaban J connectivity index is 1.98. The first-order valence-electron chi connectivity index (χ1n) is 8.69. The third-order valence-corrected chi connectivity index (χ3v) is 4.79. The normalized spacial score (nSPS) is 16.2. The van der Waals surface area contributed by atoms with Crippen LogP contribution in [-0.4, -0.2) is 24.3 Å². The van der Waals surface area contributed by atoms with E-state index < -0.39 is 17.8 Å². The van der Waals surface area contributed by atoms with Gasteiger partial charge in [0.05, 0.1) is 18.1 Å². The molecule has 1 unspecified atom stereocenters. The number of alkyl halides is 3. The summed E-state index contributed by atoms with van der Waals surface area (Å²) < 4.78 is 38.6. The number of nitriles is 1. The largest absolute Gasteiger partial charge is 0.465 e. The van der Waals surface area contributed by atoms with Crippen LogP contribution < -0.4 is 10.2 Å². The molecule has 0 saturated heterocycles. The van der Waals surface area contributed by atoms with Crippen molar-refractivity contribution in [3.63, 3.8) is 0 Å². The number of benzene rings is 2. The molecule has 2 aromatic rings. The Hall–Kier alpha value is -3.21. The van der Waals surface area contributed by atoms with E-state index in [-0.39, 0.29) is 18.9 Å². The van der Waals surface area contributed by atoms with Gasteiger partial charge in [0.15, 0.2) is 0 Å². The molecule has 0 bridgehead atoms. The van der Waals surface area contributed by atoms with E-state index in [1.165, 1.54) is 12.1 Å². The highest BCUT2D eigenvalue weighted by Gasteiger charge is 2.31. The SMILES string of the molecule is N#CCc1cccc2c1CC(CNC(=O)O)CN2c1ccc(C(F)(F)F)cc1. The van der Waals surface area contributed by atoms with Crippen LogP contribution >= 0.6 is 0 Å². The van der Waals surface area contributed by atoms with Crippen molar-refractivity contribution in [2.24, 2.45) is 5.92 Å². The highest BCUT2D eigenvalue weighted by atomic mass is 19.4. The van der Waals surface area contributed by atoms with Gasteiger partial charge in [0.1, 0.15) is 0 Å². The van der Waals surface area contributed by atoms with Gasteiger partial charge in [0.2, 0.25) is 0 Å². The van der Waals surface area contributed by atoms with E-state index in [4.69, 9.17) is 10.4 Å². The number of anilines is 2. The molecule has 0 aliphatic carbocycles. The molecule has 1 aliphatic rings. The predicted molar refractivity (Wildman–Crippen MR) is 97.4 cm³/mol. The third-order valence-electron chi connectivity index (χ3n) is 4.79. The number of fused-ring (bicyclic) bond motifs is 1. The molecule has 1 amide bonds. The standard InChI is InChI=1S/C20H18F3N3O2/c21-20(22,23)15-4-6-16(7-5-15)26-12-13(11-25-19(27)28)10-17-14(8-9-24)2-1-3-18(17)26/h1-7,13,25H,8,10-12H2,(H,27,28). The highest BCUT2D eigenvalue weighted by Crippen LogP contribution is 2.38. The van der Waals surface area contributed by atoms with Gasteiger partial charge >= 0.3 is 12.3 Å². The Morgan fingerprint density at radius 3 is 2.57 bits per heavy atom. The molecule has 0 fully saturated rings. The zero-order valence-corrected chi connectivity index (χ0v) is 14.8. The number of nitrogens with one attached hydrogen (secondary N) is 1. The maximum atomic E-state index is 12.9. The van der Waals surface area contributed by atoms with Crippen molar-refractivity contribution >= 4 is 17.5 Å². The van der Waals surface area contributed by atoms with Crippen LogP contribution in [0.5, 0.6) is 0 Å². The van der Waals surface area contributed by atoms with E-state index in [9.17, 15) is 18.0 Å². The molecule has 0 aromatic heterocycles. The van der Waals surface area contributed by atoms with Crippen LogP contribution in [0.3, 0.4) is 0 Å². The Morgan fingerprint density at radius 2 is 1.96 bits per heavy atom. The molecule has 0 saturated carbocycles. The first-order valence-corrected chi connectivity index (χ1v) is 8.69. The van der Waals surface area contributed by atoms with Crippen LogP contribution in [0.1, 0.15) is 16.7 Å². The molecule has 1 heterocycles. The van der Waals surface area contributed by atoms with E-state index in [0.717, 1.165) is 28.9 Å². The summed E-state index contributed by atoms with van der Waals surface area (Å²) in [5.41, 5.74) is 2.46. The zero-order valence-electron chi connectivity index (χ0n) is 14.8. The van der Waals surface area contributed by atoms with Gasteiger partial charge in [-0.1, -0.05) is 12.1 Å². The Bertz CT molecular complexity index is 904. The van der Waals surface area contributed by atoms with Crippen molar-refractivity contribution in [1.82, 2.24) is 5.32 Å². The first-order chi connectivity index (χ1) is 13.3. The smallest absolute Gasteiger partial charge is 0.416 e. The van der Waals surface area contributed by atoms with E-state index in [0.29, 0.717) is 18.7 Å². The van der Waals surface area contributed by atoms with Gasteiger partial charge in [-0.25, -0.2) is 4.79 Å². The average molecular weight is 389 g/mol. The predicted octanol–water partition coefficient (Wildman–Crippen LogP) is 4.35. The quantitative estimate of drug-likeness (QED) is 0.815. The van der Waals surface area contributed by atoms with Gasteiger partial charge in [-0.2, -0.15) is 18.4 Å². The maximum absolute atomic E-state index is 12.9. The summed E-state index contributed by atoms with van der Waals surface area (Å²) in [6.45, 7) is 0.668. The van der Waals surface area contributed by atoms with Crippen molar-refractivity contribution in [2.45, 2.75) is 19.0 Å². The molecule has 28 heavy (non-hydrogen) atoms. The number of carboxylic acid groups (broad SMARTS) is 1. The summed E-state index contributed by atoms with van der Waals surface area (Å²) >= 11 is 0. The number of nitrogens with zero attached hydrogens (tertiary/aromatic N) is 2. The lowest BCUT2D eigenvalue weighted by Crippen LogP contribution is -2.39. The summed E-state index contributed by atoms with van der Waals surface area (Å²) in [4.78, 5) is 12.7. The number of rotatable bonds is 4. The van der Waals surface area contributed by atoms with Crippen LogP contribution in [0.15, 0.2) is 42.5 Å². The van der Waals surface area contributed by atoms with Crippen LogP contribution in [-0.2, 0) is 19.0 Å². The second kappa shape index (κ2) is 7.80. The summed E-state index contributed by atoms with van der Waals surface area (Å²) in [5, 5.41) is 20.4. The summed E-state index contributed by atoms with van der Waals surface area (Å²) in [6, 6.07) is 12.6. The van der Waals surface area contributed by atoms with Crippen molar-refractivity contribution in [3.8, 4) is 6.07 Å². The molecule has 1 atom stereocenters. The summed E-state index contributed by atoms with van der Waals surface area (Å²) in [6.07, 6.45) is -4.74. The van der Waals surface area contributed by atoms with Gasteiger partial charge in [-0.15, -0.1) is 0 Å². The van der Waals surface area contributed by atoms with Gasteiger partial charge in [0, 0.05) is 24.5 Å². The van der Waals surface area contributed by atoms with Crippen molar-refractivity contribution in [2.75, 3.05) is 18.0 Å². The minimum absolute atomic E-state index is 0.0780. The number of halogens is 3. The van der Waals surface area contributed by atoms with Crippen molar-refractivity contribution in [1.29, 1.82) is 5.26 Å². The van der Waals surface area contributed by atoms with Gasteiger partial charge in [0.25, 0.3) is 0 Å². The van der Waals surface area contributed by atoms with Crippen molar-refractivity contribution in [3.05, 3.63) is 59.2 Å². The minimum Gasteiger partial charge on any atom is -0.465 e. The number of carbonyl (C=O) groups is 1. The summed E-state index contributed by atoms with van der Waals surface area (Å²) in [5.74, 6) is -0.0780. The minimum atomic E-state index is -4.41. The van der Waals surface area contributed by atoms with Crippen molar-refractivity contribution < 1.29 is 23.1 Å². The lowest BCUT2D eigenvalue weighted by molar-refractivity contribution is -0.137. The molecule has 1 aliphatic heterocycles. The maximum Gasteiger partial charge on any atom is 0.416 e. The van der Waals surface area contributed by atoms with Crippen LogP contribution in [0.2, 0.25) is 0 Å². The van der Waals surface area contributed by atoms with E-state index in [2.05, 4.69) is 11.4 Å². The fourth-order valence-corrected chi connectivity index (χ4v) is 3.51. The van der Waals surface area contributed by atoms with Gasteiger partial charge < -0.3 is 15.3 Å². The average Bonchev–Trinajstić information content (AvgIpc) is 2.66. The van der Waals surface area contributed by atoms with E-state index in [1.54, 1.807) is 0 Å². The highest BCUT2D eigenvalue weighted by molar-refractivity contribution is 5.70. The zero-order chi connectivity index (χ0) is 20.3. The molecule has 2 aromatic carbocycles. The second-order valence-corrected chi connectivity index (χ2v) is 6.66. The second-order valence-electron chi connectivity index (χ2n) is 6.66. The fraction of sp³-hybridized carbons (Fsp3) is 0.300. The lowest BCUT2D eigenvalue weighted by Gasteiger charge is -2.37. The van der Waals surface area contributed by atoms with Crippen LogP contribution in [0.25, 0.3) is 0 Å². The molecule has 3 rings (SSSR count). The van der Waals surface area contributed by atoms with Gasteiger partial charge in [-0.3, -0.25) is 0 Å². The molecule has 0 radical (unpaired) electrons. The Labute approximate surface area is 160 Å². The molecular formula is C20H18F3N3O2. The molecule has 0 spiro atoms. The molecule has 146 valence electrons. The number of hydrogen-bond donors (Lipinski definition) is 2. The van der Waals surface area contributed by atoms with Crippen LogP contribution in [0, 0.1) is 17.2 Å². The number of amides is 1. The topological polar surface area (TPSA) is 76.4 Å². The van der Waals surface area contributed by atoms with Crippen LogP contribution in [0.4, 0.5) is 29.3 Å². The fourth-order valence-electron chi connectivity index (χ4n) is 3.51. The lowest BCUT2D eigenvalue weighted by atomic mass is 9.88. The molecular weight excluding hydrogens is 371 g/mol. The number of hydrogen-bond acceptors (Lipinski definition) is 3. The monoisotopic (exact) mass is 389 g/mol. The Kier molecular flexibility index (Phi) is 5.45. The molecule has 8 heteroatoms.